The molecule has 0 aliphatic rings. The van der Waals surface area contributed by atoms with E-state index in [2.05, 4.69) is 16.2 Å². The van der Waals surface area contributed by atoms with E-state index in [1.165, 1.54) is 0 Å². The van der Waals surface area contributed by atoms with Gasteiger partial charge in [0.05, 0.1) is 22.6 Å². The minimum atomic E-state index is 0.692. The van der Waals surface area contributed by atoms with Gasteiger partial charge in [-0.25, -0.2) is 9.97 Å². The first kappa shape index (κ1) is 10.6. The smallest absolute Gasteiger partial charge is 0.193 e. The molecule has 86 valence electrons. The van der Waals surface area contributed by atoms with E-state index in [1.807, 2.05) is 28.1 Å². The molecule has 0 amide bonds. The number of thioether (sulfide) groups is 1. The summed E-state index contributed by atoms with van der Waals surface area (Å²) in [6.07, 6.45) is 5.74. The molecule has 0 aliphatic heterocycles. The van der Waals surface area contributed by atoms with Gasteiger partial charge in [-0.3, -0.25) is 4.40 Å². The highest BCUT2D eigenvalue weighted by Crippen LogP contribution is 2.22. The summed E-state index contributed by atoms with van der Waals surface area (Å²) in [6.45, 7) is 0. The Hall–Kier alpha value is -1.53. The van der Waals surface area contributed by atoms with Gasteiger partial charge in [0.2, 0.25) is 0 Å². The van der Waals surface area contributed by atoms with Crippen LogP contribution >= 0.6 is 23.1 Å². The molecule has 0 aliphatic carbocycles. The van der Waals surface area contributed by atoms with Gasteiger partial charge in [-0.05, 0) is 12.1 Å². The number of thiazole rings is 1. The van der Waals surface area contributed by atoms with Crippen LogP contribution in [0.2, 0.25) is 0 Å². The maximum absolute atomic E-state index is 5.58. The number of nitrogens with two attached hydrogens (primary N) is 1. The van der Waals surface area contributed by atoms with Crippen LogP contribution in [0, 0.1) is 0 Å². The average molecular weight is 262 g/mol. The minimum Gasteiger partial charge on any atom is -0.397 e. The summed E-state index contributed by atoms with van der Waals surface area (Å²) in [5.74, 6) is 0.825. The Bertz CT molecular complexity index is 598. The van der Waals surface area contributed by atoms with Gasteiger partial charge < -0.3 is 5.73 Å². The predicted octanol–water partition coefficient (Wildman–Crippen LogP) is 2.67. The van der Waals surface area contributed by atoms with E-state index < -0.39 is 0 Å². The highest BCUT2D eigenvalue weighted by molar-refractivity contribution is 7.98. The van der Waals surface area contributed by atoms with Crippen molar-refractivity contribution in [1.82, 2.24) is 14.4 Å². The fraction of sp³-hybridized carbons (Fsp3) is 0.0909. The molecule has 6 heteroatoms. The van der Waals surface area contributed by atoms with E-state index >= 15 is 0 Å². The summed E-state index contributed by atoms with van der Waals surface area (Å²) in [7, 11) is 0. The summed E-state index contributed by atoms with van der Waals surface area (Å²) < 4.78 is 2.04. The van der Waals surface area contributed by atoms with E-state index in [0.717, 1.165) is 21.4 Å². The van der Waals surface area contributed by atoms with Gasteiger partial charge in [0.1, 0.15) is 0 Å². The molecule has 17 heavy (non-hydrogen) atoms. The first-order chi connectivity index (χ1) is 8.31. The highest BCUT2D eigenvalue weighted by Gasteiger charge is 2.03. The SMILES string of the molecule is Nc1ccc(SCc2cn3ccsc3n2)nc1. The Morgan fingerprint density at radius 2 is 2.35 bits per heavy atom. The lowest BCUT2D eigenvalue weighted by Gasteiger charge is -1.98. The number of nitrogens with zero attached hydrogens (tertiary/aromatic N) is 3. The second kappa shape index (κ2) is 4.38. The Balaban J connectivity index is 1.71. The van der Waals surface area contributed by atoms with Crippen molar-refractivity contribution in [1.29, 1.82) is 0 Å². The van der Waals surface area contributed by atoms with Gasteiger partial charge in [-0.2, -0.15) is 0 Å². The van der Waals surface area contributed by atoms with Crippen molar-refractivity contribution in [2.75, 3.05) is 5.73 Å². The van der Waals surface area contributed by atoms with Crippen LogP contribution < -0.4 is 5.73 Å². The van der Waals surface area contributed by atoms with Gasteiger partial charge >= 0.3 is 0 Å². The van der Waals surface area contributed by atoms with Crippen LogP contribution in [0.3, 0.4) is 0 Å². The number of hydrogen-bond acceptors (Lipinski definition) is 5. The number of pyridine rings is 1. The first-order valence-electron chi connectivity index (χ1n) is 5.07. The molecule has 0 bridgehead atoms. The van der Waals surface area contributed by atoms with Gasteiger partial charge in [0.25, 0.3) is 0 Å². The first-order valence-corrected chi connectivity index (χ1v) is 6.93. The zero-order chi connectivity index (χ0) is 11.7. The minimum absolute atomic E-state index is 0.692. The maximum Gasteiger partial charge on any atom is 0.193 e. The molecule has 3 aromatic rings. The average Bonchev–Trinajstić information content (AvgIpc) is 2.88. The molecule has 0 saturated heterocycles. The van der Waals surface area contributed by atoms with Gasteiger partial charge in [-0.1, -0.05) is 11.8 Å². The van der Waals surface area contributed by atoms with Crippen molar-refractivity contribution < 1.29 is 0 Å². The van der Waals surface area contributed by atoms with E-state index in [1.54, 1.807) is 29.3 Å². The van der Waals surface area contributed by atoms with Crippen LogP contribution in [-0.2, 0) is 5.75 Å². The largest absolute Gasteiger partial charge is 0.397 e. The summed E-state index contributed by atoms with van der Waals surface area (Å²) >= 11 is 3.31. The van der Waals surface area contributed by atoms with Gasteiger partial charge in [0.15, 0.2) is 4.96 Å². The zero-order valence-electron chi connectivity index (χ0n) is 8.91. The number of imidazole rings is 1. The number of anilines is 1. The van der Waals surface area contributed by atoms with Gasteiger partial charge in [0, 0.05) is 23.5 Å². The second-order valence-corrected chi connectivity index (χ2v) is 5.41. The molecule has 4 nitrogen and oxygen atoms in total. The lowest BCUT2D eigenvalue weighted by atomic mass is 10.4. The van der Waals surface area contributed by atoms with E-state index in [0.29, 0.717) is 5.69 Å². The predicted molar refractivity (Wildman–Crippen MR) is 71.3 cm³/mol. The Labute approximate surface area is 107 Å². The highest BCUT2D eigenvalue weighted by atomic mass is 32.2. The van der Waals surface area contributed by atoms with Crippen molar-refractivity contribution >= 4 is 33.7 Å². The molecule has 0 fully saturated rings. The Morgan fingerprint density at radius 1 is 1.41 bits per heavy atom. The molecule has 3 rings (SSSR count). The topological polar surface area (TPSA) is 56.2 Å². The monoisotopic (exact) mass is 262 g/mol. The normalized spacial score (nSPS) is 11.1. The number of rotatable bonds is 3. The molecular formula is C11H10N4S2. The standard InChI is InChI=1S/C11H10N4S2/c12-8-1-2-10(13-5-8)17-7-9-6-15-3-4-16-11(15)14-9/h1-6H,7,12H2. The third kappa shape index (κ3) is 2.27. The fourth-order valence-electron chi connectivity index (χ4n) is 1.47. The van der Waals surface area contributed by atoms with Crippen LogP contribution in [0.1, 0.15) is 5.69 Å². The van der Waals surface area contributed by atoms with E-state index in [4.69, 9.17) is 5.73 Å². The summed E-state index contributed by atoms with van der Waals surface area (Å²) in [6, 6.07) is 3.79. The summed E-state index contributed by atoms with van der Waals surface area (Å²) in [5, 5.41) is 3.00. The summed E-state index contributed by atoms with van der Waals surface area (Å²) in [5.41, 5.74) is 7.35. The van der Waals surface area contributed by atoms with Crippen LogP contribution in [0.25, 0.3) is 4.96 Å². The van der Waals surface area contributed by atoms with E-state index in [9.17, 15) is 0 Å². The molecule has 3 heterocycles. The number of aromatic nitrogens is 3. The molecule has 0 atom stereocenters. The maximum atomic E-state index is 5.58. The molecule has 0 aromatic carbocycles. The van der Waals surface area contributed by atoms with Crippen molar-refractivity contribution in [3.05, 3.63) is 41.8 Å². The Kier molecular flexibility index (Phi) is 2.74. The molecule has 2 N–H and O–H groups in total. The molecule has 3 aromatic heterocycles. The second-order valence-electron chi connectivity index (χ2n) is 3.54. The van der Waals surface area contributed by atoms with Gasteiger partial charge in [-0.15, -0.1) is 11.3 Å². The number of fused-ring (bicyclic) bond motifs is 1. The lowest BCUT2D eigenvalue weighted by molar-refractivity contribution is 1.13. The fourth-order valence-corrected chi connectivity index (χ4v) is 2.92. The van der Waals surface area contributed by atoms with Crippen molar-refractivity contribution in [3.8, 4) is 0 Å². The van der Waals surface area contributed by atoms with Crippen molar-refractivity contribution in [3.63, 3.8) is 0 Å². The van der Waals surface area contributed by atoms with Crippen LogP contribution in [-0.4, -0.2) is 14.4 Å². The quantitative estimate of drug-likeness (QED) is 0.737. The van der Waals surface area contributed by atoms with Crippen molar-refractivity contribution in [2.24, 2.45) is 0 Å². The number of hydrogen-bond donors (Lipinski definition) is 1. The van der Waals surface area contributed by atoms with Crippen LogP contribution in [0.4, 0.5) is 5.69 Å². The third-order valence-electron chi connectivity index (χ3n) is 2.27. The molecule has 0 saturated carbocycles. The summed E-state index contributed by atoms with van der Waals surface area (Å²) in [4.78, 5) is 9.79. The van der Waals surface area contributed by atoms with E-state index in [-0.39, 0.29) is 0 Å². The molecule has 0 spiro atoms. The lowest BCUT2D eigenvalue weighted by Crippen LogP contribution is -1.87. The Morgan fingerprint density at radius 3 is 3.12 bits per heavy atom. The third-order valence-corrected chi connectivity index (χ3v) is 4.02. The van der Waals surface area contributed by atoms with Crippen LogP contribution in [0.15, 0.2) is 41.1 Å². The van der Waals surface area contributed by atoms with Crippen molar-refractivity contribution in [2.45, 2.75) is 10.8 Å². The molecule has 0 unspecified atom stereocenters. The molecule has 0 radical (unpaired) electrons. The van der Waals surface area contributed by atoms with Crippen LogP contribution in [0.5, 0.6) is 0 Å². The number of nitrogen functional groups attached to an aromatic ring is 1. The molecular weight excluding hydrogens is 252 g/mol. The zero-order valence-corrected chi connectivity index (χ0v) is 10.5.